The van der Waals surface area contributed by atoms with Crippen LogP contribution in [0.4, 0.5) is 5.13 Å². The molecule has 4 aromatic rings. The Hall–Kier alpha value is -3.21. The van der Waals surface area contributed by atoms with Crippen LogP contribution < -0.4 is 9.64 Å². The molecule has 0 saturated carbocycles. The van der Waals surface area contributed by atoms with Crippen LogP contribution in [0.25, 0.3) is 10.2 Å². The average Bonchev–Trinajstić information content (AvgIpc) is 3.59. The second kappa shape index (κ2) is 10.3. The van der Waals surface area contributed by atoms with Gasteiger partial charge in [-0.1, -0.05) is 17.4 Å². The fourth-order valence-corrected chi connectivity index (χ4v) is 7.16. The molecule has 0 N–H and O–H groups in total. The number of thiazole rings is 1. The van der Waals surface area contributed by atoms with Gasteiger partial charge in [-0.05, 0) is 80.3 Å². The molecule has 2 aromatic heterocycles. The van der Waals surface area contributed by atoms with Crippen LogP contribution in [0, 0.1) is 19.8 Å². The van der Waals surface area contributed by atoms with E-state index in [0.29, 0.717) is 36.0 Å². The number of aromatic nitrogens is 1. The van der Waals surface area contributed by atoms with Gasteiger partial charge in [-0.2, -0.15) is 4.31 Å². The van der Waals surface area contributed by atoms with Crippen LogP contribution in [0.15, 0.2) is 64.1 Å². The fraction of sp³-hybridized carbons (Fsp3) is 0.333. The van der Waals surface area contributed by atoms with Crippen LogP contribution in [-0.4, -0.2) is 43.8 Å². The van der Waals surface area contributed by atoms with E-state index >= 15 is 0 Å². The number of hydrogen-bond acceptors (Lipinski definition) is 7. The van der Waals surface area contributed by atoms with Crippen molar-refractivity contribution in [2.24, 2.45) is 5.92 Å². The third-order valence-corrected chi connectivity index (χ3v) is 9.82. The first-order valence-electron chi connectivity index (χ1n) is 12.1. The molecule has 0 radical (unpaired) electrons. The number of aryl methyl sites for hydroxylation is 2. The number of furan rings is 1. The summed E-state index contributed by atoms with van der Waals surface area (Å²) in [6, 6.07) is 14.0. The maximum Gasteiger partial charge on any atom is 0.243 e. The molecule has 1 fully saturated rings. The molecule has 194 valence electrons. The second-order valence-corrected chi connectivity index (χ2v) is 12.2. The molecule has 5 rings (SSSR count). The number of sulfonamides is 1. The lowest BCUT2D eigenvalue weighted by Gasteiger charge is -2.33. The Balaban J connectivity index is 1.44. The number of rotatable bonds is 7. The molecule has 1 aliphatic heterocycles. The van der Waals surface area contributed by atoms with Gasteiger partial charge in [0.2, 0.25) is 15.9 Å². The van der Waals surface area contributed by atoms with E-state index in [1.54, 1.807) is 29.4 Å². The number of fused-ring (bicyclic) bond motifs is 1. The van der Waals surface area contributed by atoms with Crippen molar-refractivity contribution in [3.05, 3.63) is 71.7 Å². The molecular weight excluding hydrogens is 510 g/mol. The number of carbonyl (C=O) groups excluding carboxylic acids is 1. The Labute approximate surface area is 220 Å². The van der Waals surface area contributed by atoms with Gasteiger partial charge in [0.1, 0.15) is 11.5 Å². The summed E-state index contributed by atoms with van der Waals surface area (Å²) in [7, 11) is -2.21. The van der Waals surface area contributed by atoms with E-state index in [-0.39, 0.29) is 23.9 Å². The van der Waals surface area contributed by atoms with Gasteiger partial charge in [0.25, 0.3) is 0 Å². The first-order valence-corrected chi connectivity index (χ1v) is 14.4. The Morgan fingerprint density at radius 2 is 1.97 bits per heavy atom. The van der Waals surface area contributed by atoms with Crippen LogP contribution in [0.1, 0.15) is 29.7 Å². The molecule has 1 aliphatic rings. The molecule has 2 aromatic carbocycles. The molecule has 1 unspecified atom stereocenters. The molecule has 1 saturated heterocycles. The van der Waals surface area contributed by atoms with Crippen molar-refractivity contribution in [1.29, 1.82) is 0 Å². The van der Waals surface area contributed by atoms with Crippen LogP contribution >= 0.6 is 11.3 Å². The number of ether oxygens (including phenoxy) is 1. The first-order chi connectivity index (χ1) is 17.8. The summed E-state index contributed by atoms with van der Waals surface area (Å²) in [6.07, 6.45) is 2.78. The summed E-state index contributed by atoms with van der Waals surface area (Å²) in [5.41, 5.74) is 3.10. The van der Waals surface area contributed by atoms with Gasteiger partial charge in [0.15, 0.2) is 5.13 Å². The van der Waals surface area contributed by atoms with Gasteiger partial charge < -0.3 is 9.15 Å². The highest BCUT2D eigenvalue weighted by atomic mass is 32.2. The van der Waals surface area contributed by atoms with Crippen molar-refractivity contribution in [2.75, 3.05) is 25.1 Å². The lowest BCUT2D eigenvalue weighted by atomic mass is 9.98. The van der Waals surface area contributed by atoms with E-state index < -0.39 is 15.9 Å². The summed E-state index contributed by atoms with van der Waals surface area (Å²) in [6.45, 7) is 4.79. The van der Waals surface area contributed by atoms with Crippen molar-refractivity contribution >= 4 is 42.6 Å². The second-order valence-electron chi connectivity index (χ2n) is 9.23. The van der Waals surface area contributed by atoms with E-state index in [9.17, 15) is 13.2 Å². The zero-order valence-electron chi connectivity index (χ0n) is 21.0. The highest BCUT2D eigenvalue weighted by Crippen LogP contribution is 2.35. The first kappa shape index (κ1) is 25.4. The summed E-state index contributed by atoms with van der Waals surface area (Å²) in [5, 5.41) is 0.584. The van der Waals surface area contributed by atoms with Gasteiger partial charge >= 0.3 is 0 Å². The zero-order chi connectivity index (χ0) is 26.2. The standard InChI is InChI=1S/C27H29N3O5S2/c1-18-8-13-24-25(19(18)2)28-27(36-24)30(17-22-7-5-15-35-22)26(31)20-6-4-14-29(16-20)37(32,33)23-11-9-21(34-3)10-12-23/h5,7-13,15,20H,4,6,14,16-17H2,1-3H3. The number of piperidine rings is 1. The number of nitrogens with zero attached hydrogens (tertiary/aromatic N) is 3. The maximum atomic E-state index is 14.0. The van der Waals surface area contributed by atoms with Crippen molar-refractivity contribution in [3.63, 3.8) is 0 Å². The molecule has 0 bridgehead atoms. The van der Waals surface area contributed by atoms with E-state index in [4.69, 9.17) is 14.1 Å². The van der Waals surface area contributed by atoms with Crippen LogP contribution in [0.5, 0.6) is 5.75 Å². The van der Waals surface area contributed by atoms with Crippen molar-refractivity contribution in [1.82, 2.24) is 9.29 Å². The van der Waals surface area contributed by atoms with Crippen LogP contribution in [0.2, 0.25) is 0 Å². The number of hydrogen-bond donors (Lipinski definition) is 0. The Morgan fingerprint density at radius 1 is 1.19 bits per heavy atom. The Kier molecular flexibility index (Phi) is 7.06. The number of anilines is 1. The maximum absolute atomic E-state index is 14.0. The third-order valence-electron chi connectivity index (χ3n) is 6.90. The number of benzene rings is 2. The largest absolute Gasteiger partial charge is 0.497 e. The molecular formula is C27H29N3O5S2. The molecule has 0 aliphatic carbocycles. The Bertz CT molecular complexity index is 1510. The normalized spacial score (nSPS) is 16.7. The van der Waals surface area contributed by atoms with E-state index in [2.05, 4.69) is 6.07 Å². The summed E-state index contributed by atoms with van der Waals surface area (Å²) in [5.74, 6) is 0.575. The molecule has 0 spiro atoms. The van der Waals surface area contributed by atoms with E-state index in [0.717, 1.165) is 21.3 Å². The highest BCUT2D eigenvalue weighted by Gasteiger charge is 2.36. The molecule has 8 nitrogen and oxygen atoms in total. The molecule has 37 heavy (non-hydrogen) atoms. The average molecular weight is 540 g/mol. The van der Waals surface area contributed by atoms with Crippen molar-refractivity contribution in [3.8, 4) is 5.75 Å². The number of methoxy groups -OCH3 is 1. The van der Waals surface area contributed by atoms with Crippen LogP contribution in [-0.2, 0) is 21.4 Å². The minimum absolute atomic E-state index is 0.116. The summed E-state index contributed by atoms with van der Waals surface area (Å²) >= 11 is 1.46. The van der Waals surface area contributed by atoms with Crippen LogP contribution in [0.3, 0.4) is 0 Å². The van der Waals surface area contributed by atoms with Gasteiger partial charge in [0.05, 0.1) is 40.9 Å². The van der Waals surface area contributed by atoms with Gasteiger partial charge in [-0.15, -0.1) is 0 Å². The number of amides is 1. The summed E-state index contributed by atoms with van der Waals surface area (Å²) in [4.78, 5) is 20.6. The monoisotopic (exact) mass is 539 g/mol. The lowest BCUT2D eigenvalue weighted by Crippen LogP contribution is -2.46. The fourth-order valence-electron chi connectivity index (χ4n) is 4.61. The lowest BCUT2D eigenvalue weighted by molar-refractivity contribution is -0.123. The number of carbonyl (C=O) groups is 1. The smallest absolute Gasteiger partial charge is 0.243 e. The highest BCUT2D eigenvalue weighted by molar-refractivity contribution is 7.89. The Morgan fingerprint density at radius 3 is 2.68 bits per heavy atom. The quantitative estimate of drug-likeness (QED) is 0.323. The van der Waals surface area contributed by atoms with E-state index in [1.165, 1.54) is 34.9 Å². The van der Waals surface area contributed by atoms with Crippen molar-refractivity contribution < 1.29 is 22.4 Å². The SMILES string of the molecule is COc1ccc(S(=O)(=O)N2CCCC(C(=O)N(Cc3ccco3)c3nc4c(C)c(C)ccc4s3)C2)cc1. The van der Waals surface area contributed by atoms with E-state index in [1.807, 2.05) is 26.0 Å². The predicted molar refractivity (Wildman–Crippen MR) is 143 cm³/mol. The van der Waals surface area contributed by atoms with Gasteiger partial charge in [-0.3, -0.25) is 9.69 Å². The minimum Gasteiger partial charge on any atom is -0.497 e. The zero-order valence-corrected chi connectivity index (χ0v) is 22.6. The third kappa shape index (κ3) is 5.01. The van der Waals surface area contributed by atoms with Gasteiger partial charge in [0, 0.05) is 13.1 Å². The molecule has 1 amide bonds. The molecule has 3 heterocycles. The predicted octanol–water partition coefficient (Wildman–Crippen LogP) is 5.15. The molecule has 1 atom stereocenters. The topological polar surface area (TPSA) is 93.0 Å². The van der Waals surface area contributed by atoms with Gasteiger partial charge in [-0.25, -0.2) is 13.4 Å². The summed E-state index contributed by atoms with van der Waals surface area (Å²) < 4.78 is 39.9. The minimum atomic E-state index is -3.75. The molecule has 10 heteroatoms. The van der Waals surface area contributed by atoms with Crippen molar-refractivity contribution in [2.45, 2.75) is 38.1 Å².